The molecule has 0 aromatic heterocycles. The first kappa shape index (κ1) is 17.9. The molecule has 4 nitrogen and oxygen atoms in total. The molecule has 0 heterocycles. The lowest BCUT2D eigenvalue weighted by Gasteiger charge is -2.15. The first-order valence-corrected chi connectivity index (χ1v) is 7.71. The highest BCUT2D eigenvalue weighted by Crippen LogP contribution is 2.10. The summed E-state index contributed by atoms with van der Waals surface area (Å²) in [6.45, 7) is 7.59. The third kappa shape index (κ3) is 9.51. The van der Waals surface area contributed by atoms with E-state index in [2.05, 4.69) is 31.4 Å². The minimum atomic E-state index is -0.499. The van der Waals surface area contributed by atoms with Gasteiger partial charge in [0, 0.05) is 13.1 Å². The van der Waals surface area contributed by atoms with Gasteiger partial charge < -0.3 is 10.6 Å². The van der Waals surface area contributed by atoms with Gasteiger partial charge in [0.25, 0.3) is 0 Å². The summed E-state index contributed by atoms with van der Waals surface area (Å²) >= 11 is 0. The monoisotopic (exact) mass is 270 g/mol. The molecule has 2 N–H and O–H groups in total. The zero-order valence-electron chi connectivity index (χ0n) is 12.8. The first-order valence-electron chi connectivity index (χ1n) is 7.71. The van der Waals surface area contributed by atoms with E-state index >= 15 is 0 Å². The van der Waals surface area contributed by atoms with Crippen molar-refractivity contribution in [1.29, 1.82) is 0 Å². The molecule has 4 heteroatoms. The minimum Gasteiger partial charge on any atom is -0.348 e. The number of carbonyl (C=O) groups is 2. The van der Waals surface area contributed by atoms with E-state index in [1.54, 1.807) is 0 Å². The molecular formula is C15H30N2O2. The van der Waals surface area contributed by atoms with Crippen LogP contribution in [-0.4, -0.2) is 24.9 Å². The minimum absolute atomic E-state index is 0.483. The van der Waals surface area contributed by atoms with Crippen LogP contribution in [0, 0.1) is 5.92 Å². The quantitative estimate of drug-likeness (QED) is 0.473. The van der Waals surface area contributed by atoms with E-state index in [9.17, 15) is 9.59 Å². The standard InChI is InChI=1S/C15H30N2O2/c1-4-7-9-11-16-14(18)15(19)17-12-13(6-3)10-8-5-2/h13H,4-12H2,1-3H3,(H,16,18)(H,17,19)/t13-/m0/s1. The molecule has 112 valence electrons. The van der Waals surface area contributed by atoms with E-state index in [-0.39, 0.29) is 0 Å². The fraction of sp³-hybridized carbons (Fsp3) is 0.867. The lowest BCUT2D eigenvalue weighted by atomic mass is 9.99. The molecule has 19 heavy (non-hydrogen) atoms. The maximum atomic E-state index is 11.6. The lowest BCUT2D eigenvalue weighted by molar-refractivity contribution is -0.139. The van der Waals surface area contributed by atoms with Gasteiger partial charge in [0.15, 0.2) is 0 Å². The Morgan fingerprint density at radius 3 is 2.11 bits per heavy atom. The number of nitrogens with one attached hydrogen (secondary N) is 2. The molecule has 1 atom stereocenters. The van der Waals surface area contributed by atoms with Crippen molar-refractivity contribution in [3.8, 4) is 0 Å². The second kappa shape index (κ2) is 12.0. The van der Waals surface area contributed by atoms with Crippen molar-refractivity contribution >= 4 is 11.8 Å². The number of carbonyl (C=O) groups excluding carboxylic acids is 2. The number of rotatable bonds is 10. The average molecular weight is 270 g/mol. The number of hydrogen-bond donors (Lipinski definition) is 2. The fourth-order valence-corrected chi connectivity index (χ4v) is 1.92. The Kier molecular flexibility index (Phi) is 11.3. The SMILES string of the molecule is CCCCCNC(=O)C(=O)NC[C@@H](CC)CCCC. The third-order valence-corrected chi connectivity index (χ3v) is 3.37. The summed E-state index contributed by atoms with van der Waals surface area (Å²) in [5.74, 6) is -0.510. The van der Waals surface area contributed by atoms with Crippen LogP contribution in [0.1, 0.15) is 65.7 Å². The van der Waals surface area contributed by atoms with Gasteiger partial charge in [-0.3, -0.25) is 9.59 Å². The molecule has 0 spiro atoms. The summed E-state index contributed by atoms with van der Waals surface area (Å²) in [5, 5.41) is 5.38. The van der Waals surface area contributed by atoms with Gasteiger partial charge in [0.2, 0.25) is 0 Å². The van der Waals surface area contributed by atoms with Gasteiger partial charge in [0.05, 0.1) is 0 Å². The molecule has 0 aliphatic heterocycles. The van der Waals surface area contributed by atoms with E-state index in [0.717, 1.165) is 32.1 Å². The zero-order valence-corrected chi connectivity index (χ0v) is 12.8. The Hall–Kier alpha value is -1.06. The Balaban J connectivity index is 3.78. The van der Waals surface area contributed by atoms with Crippen LogP contribution < -0.4 is 10.6 Å². The van der Waals surface area contributed by atoms with Crippen LogP contribution in [-0.2, 0) is 9.59 Å². The van der Waals surface area contributed by atoms with Crippen LogP contribution in [0.5, 0.6) is 0 Å². The Morgan fingerprint density at radius 1 is 0.895 bits per heavy atom. The van der Waals surface area contributed by atoms with Crippen molar-refractivity contribution < 1.29 is 9.59 Å². The number of amides is 2. The number of hydrogen-bond acceptors (Lipinski definition) is 2. The summed E-state index contributed by atoms with van der Waals surface area (Å²) in [6, 6.07) is 0. The summed E-state index contributed by atoms with van der Waals surface area (Å²) < 4.78 is 0. The van der Waals surface area contributed by atoms with Crippen LogP contribution in [0.4, 0.5) is 0 Å². The van der Waals surface area contributed by atoms with Gasteiger partial charge in [-0.15, -0.1) is 0 Å². The van der Waals surface area contributed by atoms with Crippen LogP contribution in [0.15, 0.2) is 0 Å². The lowest BCUT2D eigenvalue weighted by Crippen LogP contribution is -2.42. The largest absolute Gasteiger partial charge is 0.348 e. The number of unbranched alkanes of at least 4 members (excludes halogenated alkanes) is 3. The summed E-state index contributed by atoms with van der Waals surface area (Å²) in [5.41, 5.74) is 0. The van der Waals surface area contributed by atoms with Crippen molar-refractivity contribution in [2.75, 3.05) is 13.1 Å². The molecule has 0 unspecified atom stereocenters. The molecule has 0 aliphatic rings. The van der Waals surface area contributed by atoms with Gasteiger partial charge in [0.1, 0.15) is 0 Å². The highest BCUT2D eigenvalue weighted by atomic mass is 16.2. The highest BCUT2D eigenvalue weighted by Gasteiger charge is 2.14. The molecule has 0 aromatic rings. The van der Waals surface area contributed by atoms with Crippen molar-refractivity contribution in [3.63, 3.8) is 0 Å². The molecule has 0 aliphatic carbocycles. The zero-order chi connectivity index (χ0) is 14.5. The second-order valence-corrected chi connectivity index (χ2v) is 5.09. The van der Waals surface area contributed by atoms with Gasteiger partial charge in [-0.2, -0.15) is 0 Å². The molecule has 0 rings (SSSR count). The van der Waals surface area contributed by atoms with Crippen LogP contribution in [0.2, 0.25) is 0 Å². The highest BCUT2D eigenvalue weighted by molar-refractivity contribution is 6.35. The molecule has 0 aromatic carbocycles. The van der Waals surface area contributed by atoms with Crippen molar-refractivity contribution in [2.24, 2.45) is 5.92 Å². The summed E-state index contributed by atoms with van der Waals surface area (Å²) in [7, 11) is 0. The van der Waals surface area contributed by atoms with E-state index in [1.165, 1.54) is 12.8 Å². The van der Waals surface area contributed by atoms with Crippen molar-refractivity contribution in [1.82, 2.24) is 10.6 Å². The second-order valence-electron chi connectivity index (χ2n) is 5.09. The summed E-state index contributed by atoms with van der Waals surface area (Å²) in [6.07, 6.45) is 7.63. The first-order chi connectivity index (χ1) is 9.15. The Morgan fingerprint density at radius 2 is 1.53 bits per heavy atom. The van der Waals surface area contributed by atoms with Gasteiger partial charge >= 0.3 is 11.8 Å². The van der Waals surface area contributed by atoms with Gasteiger partial charge in [-0.05, 0) is 18.8 Å². The van der Waals surface area contributed by atoms with E-state index in [1.807, 2.05) is 0 Å². The molecule has 0 bridgehead atoms. The predicted molar refractivity (Wildman–Crippen MR) is 78.9 cm³/mol. The topological polar surface area (TPSA) is 58.2 Å². The maximum absolute atomic E-state index is 11.6. The molecule has 0 fully saturated rings. The van der Waals surface area contributed by atoms with Gasteiger partial charge in [-0.25, -0.2) is 0 Å². The normalized spacial score (nSPS) is 11.9. The van der Waals surface area contributed by atoms with E-state index < -0.39 is 11.8 Å². The predicted octanol–water partition coefficient (Wildman–Crippen LogP) is 2.63. The average Bonchev–Trinajstić information content (AvgIpc) is 2.43. The Labute approximate surface area is 117 Å². The van der Waals surface area contributed by atoms with Crippen LogP contribution >= 0.6 is 0 Å². The van der Waals surface area contributed by atoms with Crippen molar-refractivity contribution in [3.05, 3.63) is 0 Å². The summed E-state index contributed by atoms with van der Waals surface area (Å²) in [4.78, 5) is 23.1. The third-order valence-electron chi connectivity index (χ3n) is 3.37. The van der Waals surface area contributed by atoms with E-state index in [0.29, 0.717) is 19.0 Å². The fourth-order valence-electron chi connectivity index (χ4n) is 1.92. The Bertz CT molecular complexity index is 255. The van der Waals surface area contributed by atoms with E-state index in [4.69, 9.17) is 0 Å². The smallest absolute Gasteiger partial charge is 0.309 e. The molecule has 0 saturated carbocycles. The molecule has 2 amide bonds. The van der Waals surface area contributed by atoms with Gasteiger partial charge in [-0.1, -0.05) is 52.9 Å². The van der Waals surface area contributed by atoms with Crippen LogP contribution in [0.3, 0.4) is 0 Å². The van der Waals surface area contributed by atoms with Crippen LogP contribution in [0.25, 0.3) is 0 Å². The molecule has 0 radical (unpaired) electrons. The van der Waals surface area contributed by atoms with Crippen molar-refractivity contribution in [2.45, 2.75) is 65.7 Å². The molecule has 0 saturated heterocycles. The molecular weight excluding hydrogens is 240 g/mol. The maximum Gasteiger partial charge on any atom is 0.309 e.